The van der Waals surface area contributed by atoms with Crippen LogP contribution in [0.5, 0.6) is 0 Å². The number of amides is 1. The van der Waals surface area contributed by atoms with Crippen LogP contribution in [-0.2, 0) is 22.1 Å². The molecule has 35 heavy (non-hydrogen) atoms. The zero-order valence-corrected chi connectivity index (χ0v) is 19.3. The molecule has 2 heterocycles. The van der Waals surface area contributed by atoms with Crippen LogP contribution >= 0.6 is 0 Å². The first-order valence-corrected chi connectivity index (χ1v) is 11.4. The Morgan fingerprint density at radius 2 is 1.74 bits per heavy atom. The van der Waals surface area contributed by atoms with Crippen molar-refractivity contribution in [2.75, 3.05) is 32.8 Å². The van der Waals surface area contributed by atoms with Crippen LogP contribution < -0.4 is 5.32 Å². The second kappa shape index (κ2) is 11.0. The van der Waals surface area contributed by atoms with Crippen LogP contribution in [0.15, 0.2) is 52.9 Å². The van der Waals surface area contributed by atoms with E-state index in [4.69, 9.17) is 9.15 Å². The number of halogens is 3. The van der Waals surface area contributed by atoms with E-state index in [1.165, 1.54) is 12.1 Å². The molecule has 1 N–H and O–H groups in total. The Balaban J connectivity index is 1.35. The number of hydrogen-bond donors (Lipinski definition) is 1. The van der Waals surface area contributed by atoms with Crippen molar-refractivity contribution in [3.05, 3.63) is 71.1 Å². The highest BCUT2D eigenvalue weighted by molar-refractivity contribution is 5.76. The third-order valence-electron chi connectivity index (χ3n) is 5.93. The zero-order valence-electron chi connectivity index (χ0n) is 19.3. The van der Waals surface area contributed by atoms with Gasteiger partial charge >= 0.3 is 6.18 Å². The van der Waals surface area contributed by atoms with Crippen LogP contribution in [-0.4, -0.2) is 53.9 Å². The predicted octanol–water partition coefficient (Wildman–Crippen LogP) is 4.19. The number of carbonyl (C=O) groups is 1. The van der Waals surface area contributed by atoms with E-state index in [-0.39, 0.29) is 31.3 Å². The second-order valence-electron chi connectivity index (χ2n) is 8.45. The van der Waals surface area contributed by atoms with Crippen molar-refractivity contribution in [2.24, 2.45) is 0 Å². The Bertz CT molecular complexity index is 1110. The summed E-state index contributed by atoms with van der Waals surface area (Å²) >= 11 is 0. The van der Waals surface area contributed by atoms with E-state index in [1.807, 2.05) is 31.2 Å². The van der Waals surface area contributed by atoms with E-state index >= 15 is 0 Å². The molecule has 1 atom stereocenters. The van der Waals surface area contributed by atoms with E-state index in [2.05, 4.69) is 20.4 Å². The summed E-state index contributed by atoms with van der Waals surface area (Å²) in [6.45, 7) is 4.58. The van der Waals surface area contributed by atoms with Crippen LogP contribution in [0.25, 0.3) is 11.5 Å². The van der Waals surface area contributed by atoms with Gasteiger partial charge in [0.2, 0.25) is 17.7 Å². The lowest BCUT2D eigenvalue weighted by Crippen LogP contribution is -2.43. The Kier molecular flexibility index (Phi) is 7.82. The number of hydrogen-bond acceptors (Lipinski definition) is 6. The van der Waals surface area contributed by atoms with Gasteiger partial charge in [0.1, 0.15) is 0 Å². The zero-order chi connectivity index (χ0) is 24.8. The Hall–Kier alpha value is -3.24. The van der Waals surface area contributed by atoms with Crippen LogP contribution in [0.4, 0.5) is 13.2 Å². The van der Waals surface area contributed by atoms with E-state index < -0.39 is 11.7 Å². The van der Waals surface area contributed by atoms with Gasteiger partial charge in [-0.3, -0.25) is 9.69 Å². The molecule has 0 radical (unpaired) electrons. The molecule has 7 nitrogen and oxygen atoms in total. The smallest absolute Gasteiger partial charge is 0.416 e. The number of aromatic nitrogens is 2. The standard InChI is InChI=1S/C25H27F3N4O3/c1-17-2-4-19(5-3-17)24-31-30-23(35-24)11-10-22(33)29-16-21(32-12-14-34-15-13-32)18-6-8-20(9-7-18)25(26,27)28/h2-9,21H,10-16H2,1H3,(H,29,33). The fourth-order valence-electron chi connectivity index (χ4n) is 3.93. The summed E-state index contributed by atoms with van der Waals surface area (Å²) < 4.78 is 50.0. The maximum atomic E-state index is 13.0. The summed E-state index contributed by atoms with van der Waals surface area (Å²) in [4.78, 5) is 14.7. The molecule has 10 heteroatoms. The molecule has 0 bridgehead atoms. The number of aryl methyl sites for hydroxylation is 2. The van der Waals surface area contributed by atoms with Gasteiger partial charge in [0.05, 0.1) is 24.8 Å². The highest BCUT2D eigenvalue weighted by Gasteiger charge is 2.31. The monoisotopic (exact) mass is 488 g/mol. The summed E-state index contributed by atoms with van der Waals surface area (Å²) in [5.41, 5.74) is 1.94. The highest BCUT2D eigenvalue weighted by Crippen LogP contribution is 2.31. The molecule has 1 saturated heterocycles. The first-order valence-electron chi connectivity index (χ1n) is 11.4. The summed E-state index contributed by atoms with van der Waals surface area (Å²) in [5.74, 6) is 0.559. The average Bonchev–Trinajstić information content (AvgIpc) is 3.33. The lowest BCUT2D eigenvalue weighted by molar-refractivity contribution is -0.137. The maximum absolute atomic E-state index is 13.0. The Labute approximate surface area is 201 Å². The molecule has 186 valence electrons. The molecule has 2 aromatic carbocycles. The number of alkyl halides is 3. The minimum atomic E-state index is -4.39. The number of nitrogens with one attached hydrogen (secondary N) is 1. The molecule has 0 saturated carbocycles. The topological polar surface area (TPSA) is 80.5 Å². The lowest BCUT2D eigenvalue weighted by Gasteiger charge is -2.35. The molecule has 1 fully saturated rings. The normalized spacial score (nSPS) is 15.7. The van der Waals surface area contributed by atoms with Crippen molar-refractivity contribution in [1.82, 2.24) is 20.4 Å². The number of ether oxygens (including phenoxy) is 1. The third kappa shape index (κ3) is 6.67. The molecule has 0 spiro atoms. The third-order valence-corrected chi connectivity index (χ3v) is 5.93. The first kappa shape index (κ1) is 24.9. The van der Waals surface area contributed by atoms with Crippen molar-refractivity contribution in [3.8, 4) is 11.5 Å². The molecule has 1 aliphatic rings. The van der Waals surface area contributed by atoms with Crippen molar-refractivity contribution in [1.29, 1.82) is 0 Å². The summed E-state index contributed by atoms with van der Waals surface area (Å²) in [6, 6.07) is 12.5. The minimum Gasteiger partial charge on any atom is -0.421 e. The Morgan fingerprint density at radius 1 is 1.06 bits per heavy atom. The molecule has 1 aromatic heterocycles. The molecular weight excluding hydrogens is 461 g/mol. The van der Waals surface area contributed by atoms with Crippen molar-refractivity contribution < 1.29 is 27.1 Å². The lowest BCUT2D eigenvalue weighted by atomic mass is 10.0. The highest BCUT2D eigenvalue weighted by atomic mass is 19.4. The van der Waals surface area contributed by atoms with Gasteiger partial charge in [-0.1, -0.05) is 29.8 Å². The summed E-state index contributed by atoms with van der Waals surface area (Å²) in [7, 11) is 0. The number of benzene rings is 2. The first-order chi connectivity index (χ1) is 16.8. The van der Waals surface area contributed by atoms with Gasteiger partial charge < -0.3 is 14.5 Å². The van der Waals surface area contributed by atoms with Crippen LogP contribution in [0.3, 0.4) is 0 Å². The molecule has 3 aromatic rings. The largest absolute Gasteiger partial charge is 0.421 e. The van der Waals surface area contributed by atoms with Gasteiger partial charge in [0.15, 0.2) is 0 Å². The van der Waals surface area contributed by atoms with Crippen molar-refractivity contribution in [2.45, 2.75) is 32.0 Å². The van der Waals surface area contributed by atoms with Crippen molar-refractivity contribution in [3.63, 3.8) is 0 Å². The van der Waals surface area contributed by atoms with Crippen molar-refractivity contribution >= 4 is 5.91 Å². The molecule has 0 aliphatic carbocycles. The van der Waals surface area contributed by atoms with Gasteiger partial charge in [-0.25, -0.2) is 0 Å². The van der Waals surface area contributed by atoms with E-state index in [0.717, 1.165) is 23.3 Å². The van der Waals surface area contributed by atoms with Crippen LogP contribution in [0.1, 0.15) is 35.0 Å². The van der Waals surface area contributed by atoms with Gasteiger partial charge in [-0.05, 0) is 36.8 Å². The fourth-order valence-corrected chi connectivity index (χ4v) is 3.93. The number of nitrogens with zero attached hydrogens (tertiary/aromatic N) is 3. The fraction of sp³-hybridized carbons (Fsp3) is 0.400. The SMILES string of the molecule is Cc1ccc(-c2nnc(CCC(=O)NCC(c3ccc(C(F)(F)F)cc3)N3CCOCC3)o2)cc1. The van der Waals surface area contributed by atoms with E-state index in [1.54, 1.807) is 0 Å². The van der Waals surface area contributed by atoms with E-state index in [0.29, 0.717) is 43.6 Å². The van der Waals surface area contributed by atoms with Gasteiger partial charge in [-0.2, -0.15) is 13.2 Å². The van der Waals surface area contributed by atoms with Crippen LogP contribution in [0, 0.1) is 6.92 Å². The Morgan fingerprint density at radius 3 is 2.40 bits per heavy atom. The average molecular weight is 489 g/mol. The molecule has 1 unspecified atom stereocenters. The molecule has 1 aliphatic heterocycles. The van der Waals surface area contributed by atoms with Gasteiger partial charge in [0, 0.05) is 38.0 Å². The number of morpholine rings is 1. The molecular formula is C25H27F3N4O3. The van der Waals surface area contributed by atoms with E-state index in [9.17, 15) is 18.0 Å². The van der Waals surface area contributed by atoms with Gasteiger partial charge in [-0.15, -0.1) is 10.2 Å². The minimum absolute atomic E-state index is 0.151. The van der Waals surface area contributed by atoms with Gasteiger partial charge in [0.25, 0.3) is 0 Å². The molecule has 4 rings (SSSR count). The quantitative estimate of drug-likeness (QED) is 0.512. The summed E-state index contributed by atoms with van der Waals surface area (Å²) in [5, 5.41) is 11.0. The van der Waals surface area contributed by atoms with Crippen LogP contribution in [0.2, 0.25) is 0 Å². The second-order valence-corrected chi connectivity index (χ2v) is 8.45. The molecule has 1 amide bonds. The maximum Gasteiger partial charge on any atom is 0.416 e. The number of carbonyl (C=O) groups excluding carboxylic acids is 1. The number of rotatable bonds is 8. The predicted molar refractivity (Wildman–Crippen MR) is 122 cm³/mol. The summed E-state index contributed by atoms with van der Waals surface area (Å²) in [6.07, 6.45) is -3.96.